The van der Waals surface area contributed by atoms with Crippen LogP contribution >= 0.6 is 11.3 Å². The van der Waals surface area contributed by atoms with Crippen LogP contribution in [0, 0.1) is 6.92 Å². The molecule has 0 N–H and O–H groups in total. The number of rotatable bonds is 3. The summed E-state index contributed by atoms with van der Waals surface area (Å²) in [5, 5.41) is 0.668. The Hall–Kier alpha value is -1.31. The highest BCUT2D eigenvalue weighted by atomic mass is 32.2. The van der Waals surface area contributed by atoms with Gasteiger partial charge in [0, 0.05) is 32.1 Å². The standard InChI is InChI=1S/C11H13N3O2S2/c1-8-11(18(15,16)14(2)3)17-10(13-8)9-5-4-6-12-7-9/h4-7H,1-3H3. The molecule has 0 aliphatic heterocycles. The van der Waals surface area contributed by atoms with Crippen molar-refractivity contribution in [2.75, 3.05) is 14.1 Å². The molecule has 0 bridgehead atoms. The lowest BCUT2D eigenvalue weighted by Crippen LogP contribution is -2.21. The minimum Gasteiger partial charge on any atom is -0.264 e. The first-order valence-corrected chi connectivity index (χ1v) is 7.49. The molecule has 0 spiro atoms. The summed E-state index contributed by atoms with van der Waals surface area (Å²) >= 11 is 1.17. The Balaban J connectivity index is 2.53. The Labute approximate surface area is 110 Å². The van der Waals surface area contributed by atoms with Crippen LogP contribution in [-0.4, -0.2) is 36.8 Å². The smallest absolute Gasteiger partial charge is 0.253 e. The van der Waals surface area contributed by atoms with Crippen LogP contribution in [0.4, 0.5) is 0 Å². The predicted molar refractivity (Wildman–Crippen MR) is 71.0 cm³/mol. The molecule has 2 heterocycles. The molecule has 0 saturated carbocycles. The molecule has 0 aliphatic rings. The lowest BCUT2D eigenvalue weighted by atomic mass is 10.3. The molecule has 7 heteroatoms. The van der Waals surface area contributed by atoms with Crippen molar-refractivity contribution in [3.8, 4) is 10.6 Å². The molecule has 2 rings (SSSR count). The Bertz CT molecular complexity index is 648. The van der Waals surface area contributed by atoms with E-state index in [4.69, 9.17) is 0 Å². The fraction of sp³-hybridized carbons (Fsp3) is 0.273. The summed E-state index contributed by atoms with van der Waals surface area (Å²) in [6.45, 7) is 1.70. The van der Waals surface area contributed by atoms with Crippen LogP contribution in [0.15, 0.2) is 28.7 Å². The highest BCUT2D eigenvalue weighted by Crippen LogP contribution is 2.31. The third-order valence-corrected chi connectivity index (χ3v) is 5.99. The minimum absolute atomic E-state index is 0.284. The summed E-state index contributed by atoms with van der Waals surface area (Å²) < 4.78 is 25.6. The van der Waals surface area contributed by atoms with Gasteiger partial charge in [0.05, 0.1) is 5.69 Å². The van der Waals surface area contributed by atoms with Crippen molar-refractivity contribution in [2.45, 2.75) is 11.1 Å². The molecule has 0 fully saturated rings. The average Bonchev–Trinajstić information content (AvgIpc) is 2.73. The maximum Gasteiger partial charge on any atom is 0.253 e. The van der Waals surface area contributed by atoms with Gasteiger partial charge in [-0.25, -0.2) is 17.7 Å². The van der Waals surface area contributed by atoms with Crippen LogP contribution in [0.25, 0.3) is 10.6 Å². The third-order valence-electron chi connectivity index (χ3n) is 2.38. The fourth-order valence-corrected chi connectivity index (χ4v) is 4.05. The summed E-state index contributed by atoms with van der Waals surface area (Å²) in [4.78, 5) is 8.31. The second-order valence-electron chi connectivity index (χ2n) is 3.92. The summed E-state index contributed by atoms with van der Waals surface area (Å²) in [5.74, 6) is 0. The molecule has 0 aromatic carbocycles. The summed E-state index contributed by atoms with van der Waals surface area (Å²) in [6.07, 6.45) is 3.34. The maximum absolute atomic E-state index is 12.1. The molecule has 0 radical (unpaired) electrons. The average molecular weight is 283 g/mol. The van der Waals surface area contributed by atoms with E-state index in [2.05, 4.69) is 9.97 Å². The maximum atomic E-state index is 12.1. The van der Waals surface area contributed by atoms with Gasteiger partial charge in [-0.05, 0) is 19.1 Å². The van der Waals surface area contributed by atoms with Crippen LogP contribution in [0.3, 0.4) is 0 Å². The van der Waals surface area contributed by atoms with E-state index < -0.39 is 10.0 Å². The number of pyridine rings is 1. The van der Waals surface area contributed by atoms with E-state index in [9.17, 15) is 8.42 Å². The summed E-state index contributed by atoms with van der Waals surface area (Å²) in [7, 11) is -0.402. The van der Waals surface area contributed by atoms with Gasteiger partial charge >= 0.3 is 0 Å². The topological polar surface area (TPSA) is 63.2 Å². The van der Waals surface area contributed by atoms with E-state index >= 15 is 0 Å². The lowest BCUT2D eigenvalue weighted by molar-refractivity contribution is 0.522. The van der Waals surface area contributed by atoms with Crippen molar-refractivity contribution in [1.82, 2.24) is 14.3 Å². The molecule has 0 unspecified atom stereocenters. The first kappa shape index (κ1) is 13.1. The number of hydrogen-bond acceptors (Lipinski definition) is 5. The normalized spacial score (nSPS) is 12.0. The molecule has 2 aromatic rings. The highest BCUT2D eigenvalue weighted by molar-refractivity contribution is 7.91. The van der Waals surface area contributed by atoms with E-state index in [1.165, 1.54) is 29.7 Å². The van der Waals surface area contributed by atoms with E-state index in [1.807, 2.05) is 6.07 Å². The Morgan fingerprint density at radius 2 is 2.06 bits per heavy atom. The Morgan fingerprint density at radius 3 is 2.61 bits per heavy atom. The highest BCUT2D eigenvalue weighted by Gasteiger charge is 2.24. The quantitative estimate of drug-likeness (QED) is 0.861. The lowest BCUT2D eigenvalue weighted by Gasteiger charge is -2.08. The van der Waals surface area contributed by atoms with E-state index in [-0.39, 0.29) is 4.21 Å². The van der Waals surface area contributed by atoms with Gasteiger partial charge in [-0.2, -0.15) is 0 Å². The molecular weight excluding hydrogens is 270 g/mol. The SMILES string of the molecule is Cc1nc(-c2cccnc2)sc1S(=O)(=O)N(C)C. The second kappa shape index (κ2) is 4.75. The van der Waals surface area contributed by atoms with Crippen molar-refractivity contribution < 1.29 is 8.42 Å². The van der Waals surface area contributed by atoms with Gasteiger partial charge in [0.15, 0.2) is 4.21 Å². The van der Waals surface area contributed by atoms with Crippen LogP contribution < -0.4 is 0 Å². The largest absolute Gasteiger partial charge is 0.264 e. The van der Waals surface area contributed by atoms with Gasteiger partial charge in [-0.1, -0.05) is 0 Å². The van der Waals surface area contributed by atoms with Gasteiger partial charge in [-0.3, -0.25) is 4.98 Å². The van der Waals surface area contributed by atoms with E-state index in [0.29, 0.717) is 10.7 Å². The third kappa shape index (κ3) is 2.29. The van der Waals surface area contributed by atoms with Gasteiger partial charge in [-0.15, -0.1) is 11.3 Å². The minimum atomic E-state index is -3.43. The molecule has 5 nitrogen and oxygen atoms in total. The number of nitrogens with zero attached hydrogens (tertiary/aromatic N) is 3. The molecule has 2 aromatic heterocycles. The molecule has 18 heavy (non-hydrogen) atoms. The molecular formula is C11H13N3O2S2. The van der Waals surface area contributed by atoms with Crippen LogP contribution in [-0.2, 0) is 10.0 Å². The summed E-state index contributed by atoms with van der Waals surface area (Å²) in [5.41, 5.74) is 1.35. The zero-order valence-electron chi connectivity index (χ0n) is 10.3. The second-order valence-corrected chi connectivity index (χ2v) is 7.27. The first-order valence-electron chi connectivity index (χ1n) is 5.23. The van der Waals surface area contributed by atoms with Crippen molar-refractivity contribution >= 4 is 21.4 Å². The van der Waals surface area contributed by atoms with Gasteiger partial charge in [0.25, 0.3) is 10.0 Å². The van der Waals surface area contributed by atoms with Crippen molar-refractivity contribution in [3.05, 3.63) is 30.2 Å². The monoisotopic (exact) mass is 283 g/mol. The molecule has 0 amide bonds. The van der Waals surface area contributed by atoms with Crippen molar-refractivity contribution in [2.24, 2.45) is 0 Å². The van der Waals surface area contributed by atoms with E-state index in [0.717, 1.165) is 5.56 Å². The number of sulfonamides is 1. The van der Waals surface area contributed by atoms with Crippen molar-refractivity contribution in [3.63, 3.8) is 0 Å². The van der Waals surface area contributed by atoms with Crippen molar-refractivity contribution in [1.29, 1.82) is 0 Å². The van der Waals surface area contributed by atoms with Crippen LogP contribution in [0.5, 0.6) is 0 Å². The van der Waals surface area contributed by atoms with E-state index in [1.54, 1.807) is 25.4 Å². The Morgan fingerprint density at radius 1 is 1.33 bits per heavy atom. The number of thiazole rings is 1. The molecule has 0 aliphatic carbocycles. The van der Waals surface area contributed by atoms with Crippen LogP contribution in [0.1, 0.15) is 5.69 Å². The molecule has 0 saturated heterocycles. The Kier molecular flexibility index (Phi) is 3.47. The summed E-state index contributed by atoms with van der Waals surface area (Å²) in [6, 6.07) is 3.66. The number of hydrogen-bond donors (Lipinski definition) is 0. The molecule has 96 valence electrons. The first-order chi connectivity index (χ1) is 8.43. The van der Waals surface area contributed by atoms with Gasteiger partial charge in [0.1, 0.15) is 5.01 Å². The fourth-order valence-electron chi connectivity index (χ4n) is 1.40. The molecule has 0 atom stereocenters. The number of aryl methyl sites for hydroxylation is 1. The van der Waals surface area contributed by atoms with Gasteiger partial charge < -0.3 is 0 Å². The van der Waals surface area contributed by atoms with Crippen LogP contribution in [0.2, 0.25) is 0 Å². The van der Waals surface area contributed by atoms with Gasteiger partial charge in [0.2, 0.25) is 0 Å². The predicted octanol–water partition coefficient (Wildman–Crippen LogP) is 1.76. The zero-order chi connectivity index (χ0) is 13.3. The zero-order valence-corrected chi connectivity index (χ0v) is 11.9. The number of aromatic nitrogens is 2.